The lowest BCUT2D eigenvalue weighted by Gasteiger charge is -2.09. The Kier molecular flexibility index (Phi) is 8.24. The Morgan fingerprint density at radius 1 is 1.11 bits per heavy atom. The van der Waals surface area contributed by atoms with E-state index in [-0.39, 0.29) is 11.7 Å². The van der Waals surface area contributed by atoms with Crippen LogP contribution in [0.2, 0.25) is 5.02 Å². The highest BCUT2D eigenvalue weighted by Crippen LogP contribution is 2.28. The van der Waals surface area contributed by atoms with Gasteiger partial charge in [-0.25, -0.2) is 10.4 Å². The molecule has 0 spiro atoms. The lowest BCUT2D eigenvalue weighted by Crippen LogP contribution is -2.20. The van der Waals surface area contributed by atoms with Gasteiger partial charge >= 0.3 is 5.97 Å². The standard InChI is InChI=1S/C26H23ClN4O4S/c1-17(32)35-23-12-9-19(13-24(23)34-2)14-28-30-25(33)16-36-26-29-21-5-3-4-6-22(21)31(26)15-18-7-10-20(27)11-8-18/h3-14H,15-16H2,1-2H3,(H,30,33). The summed E-state index contributed by atoms with van der Waals surface area (Å²) < 4.78 is 12.4. The van der Waals surface area contributed by atoms with Crippen molar-refractivity contribution in [2.24, 2.45) is 5.10 Å². The van der Waals surface area contributed by atoms with Gasteiger partial charge in [0.05, 0.1) is 36.7 Å². The Labute approximate surface area is 217 Å². The van der Waals surface area contributed by atoms with E-state index < -0.39 is 5.97 Å². The summed E-state index contributed by atoms with van der Waals surface area (Å²) >= 11 is 7.36. The van der Waals surface area contributed by atoms with E-state index >= 15 is 0 Å². The summed E-state index contributed by atoms with van der Waals surface area (Å²) in [5, 5.41) is 5.43. The minimum Gasteiger partial charge on any atom is -0.493 e. The molecule has 0 unspecified atom stereocenters. The molecule has 1 heterocycles. The number of esters is 1. The number of halogens is 1. The van der Waals surface area contributed by atoms with Gasteiger partial charge in [-0.1, -0.05) is 47.6 Å². The molecule has 1 amide bonds. The zero-order valence-electron chi connectivity index (χ0n) is 19.6. The molecule has 1 N–H and O–H groups in total. The van der Waals surface area contributed by atoms with Gasteiger partial charge < -0.3 is 14.0 Å². The van der Waals surface area contributed by atoms with Crippen molar-refractivity contribution in [2.75, 3.05) is 12.9 Å². The number of hydrogen-bond acceptors (Lipinski definition) is 7. The van der Waals surface area contributed by atoms with Gasteiger partial charge in [0, 0.05) is 11.9 Å². The van der Waals surface area contributed by atoms with Crippen LogP contribution in [0.25, 0.3) is 11.0 Å². The summed E-state index contributed by atoms with van der Waals surface area (Å²) in [6, 6.07) is 20.5. The smallest absolute Gasteiger partial charge is 0.308 e. The van der Waals surface area contributed by atoms with Gasteiger partial charge in [-0.3, -0.25) is 9.59 Å². The lowest BCUT2D eigenvalue weighted by molar-refractivity contribution is -0.132. The molecule has 0 radical (unpaired) electrons. The minimum atomic E-state index is -0.443. The number of nitrogens with zero attached hydrogens (tertiary/aromatic N) is 3. The number of amides is 1. The number of hydrazone groups is 1. The van der Waals surface area contributed by atoms with Crippen LogP contribution in [-0.2, 0) is 16.1 Å². The number of imidazole rings is 1. The molecule has 184 valence electrons. The minimum absolute atomic E-state index is 0.135. The number of fused-ring (bicyclic) bond motifs is 1. The molecule has 0 aliphatic carbocycles. The van der Waals surface area contributed by atoms with E-state index in [4.69, 9.17) is 26.1 Å². The molecule has 1 aromatic heterocycles. The summed E-state index contributed by atoms with van der Waals surface area (Å²) in [5.74, 6) is 0.112. The number of nitrogens with one attached hydrogen (secondary N) is 1. The molecule has 0 saturated heterocycles. The van der Waals surface area contributed by atoms with E-state index in [1.54, 1.807) is 18.2 Å². The first-order valence-corrected chi connectivity index (χ1v) is 12.3. The van der Waals surface area contributed by atoms with Crippen LogP contribution in [0.4, 0.5) is 0 Å². The van der Waals surface area contributed by atoms with E-state index in [9.17, 15) is 9.59 Å². The maximum absolute atomic E-state index is 12.4. The first-order chi connectivity index (χ1) is 17.4. The molecule has 36 heavy (non-hydrogen) atoms. The summed E-state index contributed by atoms with van der Waals surface area (Å²) in [7, 11) is 1.47. The molecule has 0 atom stereocenters. The summed E-state index contributed by atoms with van der Waals surface area (Å²) in [4.78, 5) is 28.3. The SMILES string of the molecule is COc1cc(C=NNC(=O)CSc2nc3ccccc3n2Cc2ccc(Cl)cc2)ccc1OC(C)=O. The highest BCUT2D eigenvalue weighted by molar-refractivity contribution is 7.99. The summed E-state index contributed by atoms with van der Waals surface area (Å²) in [5.41, 5.74) is 6.12. The van der Waals surface area contributed by atoms with Crippen molar-refractivity contribution in [1.29, 1.82) is 0 Å². The van der Waals surface area contributed by atoms with Gasteiger partial charge in [0.1, 0.15) is 0 Å². The second-order valence-corrected chi connectivity index (χ2v) is 9.06. The molecular weight excluding hydrogens is 500 g/mol. The van der Waals surface area contributed by atoms with E-state index in [1.807, 2.05) is 48.5 Å². The van der Waals surface area contributed by atoms with Crippen LogP contribution >= 0.6 is 23.4 Å². The molecule has 0 bridgehead atoms. The zero-order valence-corrected chi connectivity index (χ0v) is 21.2. The zero-order chi connectivity index (χ0) is 25.5. The topological polar surface area (TPSA) is 94.8 Å². The Morgan fingerprint density at radius 2 is 1.89 bits per heavy atom. The van der Waals surface area contributed by atoms with Crippen molar-refractivity contribution in [2.45, 2.75) is 18.6 Å². The molecule has 0 fully saturated rings. The number of aromatic nitrogens is 2. The van der Waals surface area contributed by atoms with Gasteiger partial charge in [-0.2, -0.15) is 5.10 Å². The lowest BCUT2D eigenvalue weighted by atomic mass is 10.2. The Bertz CT molecular complexity index is 1420. The molecule has 4 rings (SSSR count). The summed E-state index contributed by atoms with van der Waals surface area (Å²) in [6.45, 7) is 1.92. The number of carbonyl (C=O) groups is 2. The Morgan fingerprint density at radius 3 is 2.64 bits per heavy atom. The van der Waals surface area contributed by atoms with Crippen molar-refractivity contribution in [3.8, 4) is 11.5 Å². The van der Waals surface area contributed by atoms with Gasteiger partial charge in [0.2, 0.25) is 0 Å². The van der Waals surface area contributed by atoms with Crippen molar-refractivity contribution in [1.82, 2.24) is 15.0 Å². The number of rotatable bonds is 9. The fourth-order valence-corrected chi connectivity index (χ4v) is 4.37. The first-order valence-electron chi connectivity index (χ1n) is 10.9. The van der Waals surface area contributed by atoms with E-state index in [0.717, 1.165) is 21.8 Å². The fraction of sp³-hybridized carbons (Fsp3) is 0.154. The number of thioether (sulfide) groups is 1. The van der Waals surface area contributed by atoms with Crippen molar-refractivity contribution in [3.05, 3.63) is 82.9 Å². The monoisotopic (exact) mass is 522 g/mol. The number of ether oxygens (including phenoxy) is 2. The van der Waals surface area contributed by atoms with Crippen molar-refractivity contribution in [3.63, 3.8) is 0 Å². The van der Waals surface area contributed by atoms with E-state index in [1.165, 1.54) is 32.0 Å². The van der Waals surface area contributed by atoms with Gasteiger partial charge in [0.15, 0.2) is 16.7 Å². The van der Waals surface area contributed by atoms with Crippen LogP contribution in [0.1, 0.15) is 18.1 Å². The average Bonchev–Trinajstić information content (AvgIpc) is 3.22. The second-order valence-electron chi connectivity index (χ2n) is 7.68. The van der Waals surface area contributed by atoms with E-state index in [0.29, 0.717) is 28.6 Å². The van der Waals surface area contributed by atoms with Crippen LogP contribution in [-0.4, -0.2) is 40.5 Å². The number of hydrogen-bond donors (Lipinski definition) is 1. The predicted octanol–water partition coefficient (Wildman–Crippen LogP) is 4.91. The third kappa shape index (κ3) is 6.44. The van der Waals surface area contributed by atoms with Crippen LogP contribution in [0.5, 0.6) is 11.5 Å². The van der Waals surface area contributed by atoms with E-state index in [2.05, 4.69) is 15.1 Å². The van der Waals surface area contributed by atoms with Gasteiger partial charge in [-0.05, 0) is 53.6 Å². The maximum atomic E-state index is 12.4. The number of methoxy groups -OCH3 is 1. The number of para-hydroxylation sites is 2. The number of carbonyl (C=O) groups excluding carboxylic acids is 2. The summed E-state index contributed by atoms with van der Waals surface area (Å²) in [6.07, 6.45) is 1.48. The molecule has 0 aliphatic heterocycles. The molecule has 10 heteroatoms. The van der Waals surface area contributed by atoms with Gasteiger partial charge in [-0.15, -0.1) is 0 Å². The molecule has 0 saturated carbocycles. The normalized spacial score (nSPS) is 11.1. The van der Waals surface area contributed by atoms with Crippen LogP contribution in [0.3, 0.4) is 0 Å². The third-order valence-corrected chi connectivity index (χ3v) is 6.28. The molecule has 0 aliphatic rings. The average molecular weight is 523 g/mol. The third-order valence-electron chi connectivity index (χ3n) is 5.05. The molecular formula is C26H23ClN4O4S. The fourth-order valence-electron chi connectivity index (χ4n) is 3.43. The quantitative estimate of drug-likeness (QED) is 0.110. The largest absolute Gasteiger partial charge is 0.493 e. The van der Waals surface area contributed by atoms with Gasteiger partial charge in [0.25, 0.3) is 5.91 Å². The molecule has 4 aromatic rings. The van der Waals surface area contributed by atoms with Crippen LogP contribution < -0.4 is 14.9 Å². The molecule has 3 aromatic carbocycles. The van der Waals surface area contributed by atoms with Crippen molar-refractivity contribution >= 4 is 52.5 Å². The first kappa shape index (κ1) is 25.3. The molecule has 8 nitrogen and oxygen atoms in total. The van der Waals surface area contributed by atoms with Crippen LogP contribution in [0.15, 0.2) is 77.0 Å². The highest BCUT2D eigenvalue weighted by Gasteiger charge is 2.13. The second kappa shape index (κ2) is 11.7. The predicted molar refractivity (Wildman–Crippen MR) is 141 cm³/mol. The maximum Gasteiger partial charge on any atom is 0.308 e. The highest BCUT2D eigenvalue weighted by atomic mass is 35.5. The Balaban J connectivity index is 1.41. The number of benzene rings is 3. The van der Waals surface area contributed by atoms with Crippen molar-refractivity contribution < 1.29 is 19.1 Å². The Hall–Kier alpha value is -3.82. The van der Waals surface area contributed by atoms with Crippen LogP contribution in [0, 0.1) is 0 Å².